The number of esters is 2. The third kappa shape index (κ3) is 4.86. The van der Waals surface area contributed by atoms with E-state index in [4.69, 9.17) is 15.2 Å². The molecular weight excluding hydrogens is 270 g/mol. The van der Waals surface area contributed by atoms with Gasteiger partial charge in [0.25, 0.3) is 0 Å². The van der Waals surface area contributed by atoms with Gasteiger partial charge < -0.3 is 15.2 Å². The fourth-order valence-electron chi connectivity index (χ4n) is 2.01. The summed E-state index contributed by atoms with van der Waals surface area (Å²) >= 11 is 0. The molecule has 0 bridgehead atoms. The van der Waals surface area contributed by atoms with E-state index >= 15 is 0 Å². The number of ether oxygens (including phenoxy) is 2. The normalized spacial score (nSPS) is 13.6. The number of carbonyl (C=O) groups is 2. The average molecular weight is 293 g/mol. The first kappa shape index (κ1) is 17.2. The molecule has 5 heteroatoms. The van der Waals surface area contributed by atoms with Crippen molar-refractivity contribution in [1.29, 1.82) is 0 Å². The Balaban J connectivity index is 2.77. The highest BCUT2D eigenvalue weighted by atomic mass is 16.6. The highest BCUT2D eigenvalue weighted by Gasteiger charge is 2.45. The van der Waals surface area contributed by atoms with Crippen LogP contribution in [0.2, 0.25) is 0 Å². The number of hydrogen-bond donors (Lipinski definition) is 1. The maximum absolute atomic E-state index is 12.2. The summed E-state index contributed by atoms with van der Waals surface area (Å²) in [6, 6.07) is 9.23. The number of benzene rings is 1. The molecule has 0 heterocycles. The van der Waals surface area contributed by atoms with Crippen molar-refractivity contribution in [2.75, 3.05) is 6.61 Å². The molecule has 0 aromatic heterocycles. The van der Waals surface area contributed by atoms with Gasteiger partial charge in [0.2, 0.25) is 5.54 Å². The Morgan fingerprint density at radius 2 is 1.71 bits per heavy atom. The highest BCUT2D eigenvalue weighted by Crippen LogP contribution is 2.19. The lowest BCUT2D eigenvalue weighted by Crippen LogP contribution is -2.57. The topological polar surface area (TPSA) is 78.6 Å². The van der Waals surface area contributed by atoms with E-state index in [0.29, 0.717) is 0 Å². The minimum absolute atomic E-state index is 0.0590. The molecule has 0 unspecified atom stereocenters. The van der Waals surface area contributed by atoms with Crippen LogP contribution < -0.4 is 5.73 Å². The number of nitrogens with two attached hydrogens (primary N) is 1. The zero-order valence-electron chi connectivity index (χ0n) is 12.8. The Bertz CT molecular complexity index is 472. The Morgan fingerprint density at radius 1 is 1.14 bits per heavy atom. The van der Waals surface area contributed by atoms with Crippen molar-refractivity contribution < 1.29 is 19.1 Å². The lowest BCUT2D eigenvalue weighted by atomic mass is 9.90. The Kier molecular flexibility index (Phi) is 6.37. The summed E-state index contributed by atoms with van der Waals surface area (Å²) in [5, 5.41) is 0. The molecule has 1 rings (SSSR count). The van der Waals surface area contributed by atoms with Gasteiger partial charge in [0, 0.05) is 0 Å². The predicted octanol–water partition coefficient (Wildman–Crippen LogP) is 2.04. The van der Waals surface area contributed by atoms with Crippen molar-refractivity contribution >= 4 is 11.9 Å². The van der Waals surface area contributed by atoms with E-state index < -0.39 is 17.5 Å². The molecule has 2 N–H and O–H groups in total. The zero-order valence-corrected chi connectivity index (χ0v) is 12.8. The molecule has 0 aliphatic heterocycles. The van der Waals surface area contributed by atoms with E-state index in [0.717, 1.165) is 5.56 Å². The molecule has 0 saturated heterocycles. The Morgan fingerprint density at radius 3 is 2.24 bits per heavy atom. The van der Waals surface area contributed by atoms with Crippen LogP contribution in [0.3, 0.4) is 0 Å². The second-order valence-electron chi connectivity index (χ2n) is 5.35. The summed E-state index contributed by atoms with van der Waals surface area (Å²) in [5.74, 6) is -1.43. The molecule has 21 heavy (non-hydrogen) atoms. The fraction of sp³-hybridized carbons (Fsp3) is 0.500. The van der Waals surface area contributed by atoms with E-state index in [9.17, 15) is 9.59 Å². The maximum Gasteiger partial charge on any atom is 0.338 e. The van der Waals surface area contributed by atoms with Gasteiger partial charge in [-0.15, -0.1) is 0 Å². The summed E-state index contributed by atoms with van der Waals surface area (Å²) in [5.41, 5.74) is 5.07. The van der Waals surface area contributed by atoms with Gasteiger partial charge in [-0.3, -0.25) is 0 Å². The van der Waals surface area contributed by atoms with Crippen LogP contribution in [0.5, 0.6) is 0 Å². The van der Waals surface area contributed by atoms with Gasteiger partial charge in [-0.2, -0.15) is 0 Å². The zero-order chi connectivity index (χ0) is 15.9. The second-order valence-corrected chi connectivity index (χ2v) is 5.35. The van der Waals surface area contributed by atoms with Gasteiger partial charge in [0.05, 0.1) is 6.61 Å². The standard InChI is InChI=1S/C16H23NO4/c1-4-20-14(18)16(17,10-12(2)3)15(19)21-11-13-8-6-5-7-9-13/h5-9,12H,4,10-11,17H2,1-3H3/t16-/m0/s1. The minimum Gasteiger partial charge on any atom is -0.464 e. The lowest BCUT2D eigenvalue weighted by Gasteiger charge is -2.26. The van der Waals surface area contributed by atoms with Gasteiger partial charge in [-0.1, -0.05) is 44.2 Å². The first-order valence-electron chi connectivity index (χ1n) is 7.07. The van der Waals surface area contributed by atoms with E-state index in [-0.39, 0.29) is 25.6 Å². The first-order chi connectivity index (χ1) is 9.90. The summed E-state index contributed by atoms with van der Waals surface area (Å²) in [7, 11) is 0. The van der Waals surface area contributed by atoms with Gasteiger partial charge in [-0.05, 0) is 24.8 Å². The predicted molar refractivity (Wildman–Crippen MR) is 79.2 cm³/mol. The van der Waals surface area contributed by atoms with Crippen molar-refractivity contribution in [3.63, 3.8) is 0 Å². The van der Waals surface area contributed by atoms with Crippen LogP contribution in [0.25, 0.3) is 0 Å². The van der Waals surface area contributed by atoms with E-state index in [2.05, 4.69) is 0 Å². The second kappa shape index (κ2) is 7.78. The third-order valence-corrected chi connectivity index (χ3v) is 2.95. The van der Waals surface area contributed by atoms with Gasteiger partial charge in [0.15, 0.2) is 0 Å². The molecule has 0 spiro atoms. The minimum atomic E-state index is -1.75. The molecule has 116 valence electrons. The van der Waals surface area contributed by atoms with E-state index in [1.165, 1.54) is 0 Å². The third-order valence-electron chi connectivity index (χ3n) is 2.95. The summed E-state index contributed by atoms with van der Waals surface area (Å²) in [6.45, 7) is 5.68. The molecule has 1 aromatic carbocycles. The molecule has 0 radical (unpaired) electrons. The molecule has 1 aromatic rings. The molecule has 1 atom stereocenters. The van der Waals surface area contributed by atoms with Crippen molar-refractivity contribution in [2.24, 2.45) is 11.7 Å². The summed E-state index contributed by atoms with van der Waals surface area (Å²) < 4.78 is 10.1. The van der Waals surface area contributed by atoms with E-state index in [1.807, 2.05) is 44.2 Å². The summed E-state index contributed by atoms with van der Waals surface area (Å²) in [6.07, 6.45) is 0.180. The smallest absolute Gasteiger partial charge is 0.338 e. The van der Waals surface area contributed by atoms with Crippen LogP contribution >= 0.6 is 0 Å². The molecule has 0 amide bonds. The van der Waals surface area contributed by atoms with Crippen LogP contribution in [-0.4, -0.2) is 24.1 Å². The SMILES string of the molecule is CCOC(=O)[C@@](N)(CC(C)C)C(=O)OCc1ccccc1. The van der Waals surface area contributed by atoms with Crippen molar-refractivity contribution in [3.8, 4) is 0 Å². The highest BCUT2D eigenvalue weighted by molar-refractivity contribution is 6.04. The van der Waals surface area contributed by atoms with Crippen LogP contribution in [0.15, 0.2) is 30.3 Å². The Hall–Kier alpha value is -1.88. The van der Waals surface area contributed by atoms with Crippen LogP contribution in [0.4, 0.5) is 0 Å². The number of rotatable bonds is 7. The number of carbonyl (C=O) groups excluding carboxylic acids is 2. The van der Waals surface area contributed by atoms with Crippen molar-refractivity contribution in [1.82, 2.24) is 0 Å². The summed E-state index contributed by atoms with van der Waals surface area (Å²) in [4.78, 5) is 24.2. The molecular formula is C16H23NO4. The average Bonchev–Trinajstić information content (AvgIpc) is 2.45. The van der Waals surface area contributed by atoms with Gasteiger partial charge >= 0.3 is 11.9 Å². The lowest BCUT2D eigenvalue weighted by molar-refractivity contribution is -0.166. The maximum atomic E-state index is 12.2. The number of hydrogen-bond acceptors (Lipinski definition) is 5. The molecule has 0 aliphatic rings. The van der Waals surface area contributed by atoms with Crippen LogP contribution in [0.1, 0.15) is 32.8 Å². The van der Waals surface area contributed by atoms with Gasteiger partial charge in [-0.25, -0.2) is 9.59 Å². The quantitative estimate of drug-likeness (QED) is 0.615. The van der Waals surface area contributed by atoms with Crippen molar-refractivity contribution in [3.05, 3.63) is 35.9 Å². The fourth-order valence-corrected chi connectivity index (χ4v) is 2.01. The van der Waals surface area contributed by atoms with Crippen LogP contribution in [-0.2, 0) is 25.7 Å². The molecule has 0 aliphatic carbocycles. The van der Waals surface area contributed by atoms with Crippen LogP contribution in [0, 0.1) is 5.92 Å². The van der Waals surface area contributed by atoms with Crippen molar-refractivity contribution in [2.45, 2.75) is 39.3 Å². The van der Waals surface area contributed by atoms with Gasteiger partial charge in [0.1, 0.15) is 6.61 Å². The first-order valence-corrected chi connectivity index (χ1v) is 7.07. The Labute approximate surface area is 125 Å². The van der Waals surface area contributed by atoms with E-state index in [1.54, 1.807) is 6.92 Å². The molecule has 5 nitrogen and oxygen atoms in total. The molecule has 0 saturated carbocycles. The molecule has 0 fully saturated rings. The monoisotopic (exact) mass is 293 g/mol. The largest absolute Gasteiger partial charge is 0.464 e.